The minimum absolute atomic E-state index is 0.104. The molecule has 0 saturated heterocycles. The van der Waals surface area contributed by atoms with Gasteiger partial charge in [-0.2, -0.15) is 0 Å². The van der Waals surface area contributed by atoms with Crippen LogP contribution in [-0.4, -0.2) is 10.2 Å². The largest absolute Gasteiger partial charge is 0.508 e. The van der Waals surface area contributed by atoms with Gasteiger partial charge >= 0.3 is 0 Å². The zero-order valence-electron chi connectivity index (χ0n) is 16.9. The van der Waals surface area contributed by atoms with E-state index in [1.165, 1.54) is 11.1 Å². The topological polar surface area (TPSA) is 40.5 Å². The molecule has 0 radical (unpaired) electrons. The number of aryl methyl sites for hydroxylation is 2. The van der Waals surface area contributed by atoms with Crippen molar-refractivity contribution >= 4 is 0 Å². The van der Waals surface area contributed by atoms with Gasteiger partial charge in [0.25, 0.3) is 0 Å². The van der Waals surface area contributed by atoms with E-state index in [9.17, 15) is 10.2 Å². The molecule has 2 N–H and O–H groups in total. The number of phenolic OH excluding ortho intramolecular Hbond substituents is 2. The third kappa shape index (κ3) is 4.18. The van der Waals surface area contributed by atoms with Gasteiger partial charge in [0.05, 0.1) is 0 Å². The van der Waals surface area contributed by atoms with Crippen molar-refractivity contribution in [2.75, 3.05) is 0 Å². The number of benzene rings is 2. The summed E-state index contributed by atoms with van der Waals surface area (Å²) in [6.07, 6.45) is 0.796. The average Bonchev–Trinajstić information content (AvgIpc) is 2.41. The molecule has 0 aliphatic carbocycles. The smallest absolute Gasteiger partial charge is 0.119 e. The zero-order chi connectivity index (χ0) is 19.2. The average molecular weight is 341 g/mol. The van der Waals surface area contributed by atoms with Crippen molar-refractivity contribution in [3.05, 3.63) is 57.6 Å². The van der Waals surface area contributed by atoms with Gasteiger partial charge in [-0.05, 0) is 76.6 Å². The fourth-order valence-electron chi connectivity index (χ4n) is 3.26. The molecule has 0 atom stereocenters. The van der Waals surface area contributed by atoms with Crippen molar-refractivity contribution in [3.63, 3.8) is 0 Å². The van der Waals surface area contributed by atoms with E-state index in [1.807, 2.05) is 26.0 Å². The minimum Gasteiger partial charge on any atom is -0.508 e. The Balaban J connectivity index is 2.54. The van der Waals surface area contributed by atoms with Crippen LogP contribution in [0, 0.1) is 13.8 Å². The monoisotopic (exact) mass is 340 g/mol. The van der Waals surface area contributed by atoms with Crippen LogP contribution in [0.2, 0.25) is 0 Å². The highest BCUT2D eigenvalue weighted by molar-refractivity contribution is 5.50. The van der Waals surface area contributed by atoms with Gasteiger partial charge < -0.3 is 10.2 Å². The van der Waals surface area contributed by atoms with Crippen LogP contribution in [0.3, 0.4) is 0 Å². The third-order valence-corrected chi connectivity index (χ3v) is 4.91. The maximum atomic E-state index is 10.3. The lowest BCUT2D eigenvalue weighted by Crippen LogP contribution is -2.13. The lowest BCUT2D eigenvalue weighted by atomic mass is 9.81. The SMILES string of the molecule is Cc1cc(O)c(C(C)(C)C)cc1Cc1cc(C(C)(C)C)c(O)cc1C. The highest BCUT2D eigenvalue weighted by Gasteiger charge is 2.22. The summed E-state index contributed by atoms with van der Waals surface area (Å²) in [7, 11) is 0. The molecule has 0 heterocycles. The van der Waals surface area contributed by atoms with Crippen molar-refractivity contribution in [3.8, 4) is 11.5 Å². The van der Waals surface area contributed by atoms with Crippen molar-refractivity contribution in [1.29, 1.82) is 0 Å². The van der Waals surface area contributed by atoms with E-state index in [-0.39, 0.29) is 10.8 Å². The van der Waals surface area contributed by atoms with Crippen LogP contribution in [0.4, 0.5) is 0 Å². The van der Waals surface area contributed by atoms with E-state index < -0.39 is 0 Å². The summed E-state index contributed by atoms with van der Waals surface area (Å²) in [5, 5.41) is 20.7. The van der Waals surface area contributed by atoms with E-state index >= 15 is 0 Å². The molecule has 0 bridgehead atoms. The van der Waals surface area contributed by atoms with Crippen LogP contribution in [-0.2, 0) is 17.3 Å². The first-order valence-corrected chi connectivity index (χ1v) is 8.96. The predicted octanol–water partition coefficient (Wildman–Crippen LogP) is 5.90. The molecule has 0 amide bonds. The Morgan fingerprint density at radius 3 is 1.24 bits per heavy atom. The molecule has 2 heteroatoms. The normalized spacial score (nSPS) is 12.5. The fraction of sp³-hybridized carbons (Fsp3) is 0.478. The van der Waals surface area contributed by atoms with E-state index in [4.69, 9.17) is 0 Å². The summed E-state index contributed by atoms with van der Waals surface area (Å²) < 4.78 is 0. The number of phenols is 2. The molecule has 2 aromatic carbocycles. The molecule has 0 spiro atoms. The second-order valence-corrected chi connectivity index (χ2v) is 9.27. The molecule has 0 aliphatic rings. The Kier molecular flexibility index (Phi) is 4.96. The Labute approximate surface area is 152 Å². The fourth-order valence-corrected chi connectivity index (χ4v) is 3.26. The Morgan fingerprint density at radius 1 is 0.640 bits per heavy atom. The van der Waals surface area contributed by atoms with Gasteiger partial charge in [-0.15, -0.1) is 0 Å². The molecular weight excluding hydrogens is 308 g/mol. The van der Waals surface area contributed by atoms with Crippen molar-refractivity contribution in [1.82, 2.24) is 0 Å². The molecule has 0 aliphatic heterocycles. The van der Waals surface area contributed by atoms with Crippen LogP contribution in [0.1, 0.15) is 74.9 Å². The summed E-state index contributed by atoms with van der Waals surface area (Å²) in [5.41, 5.74) is 6.36. The minimum atomic E-state index is -0.104. The first kappa shape index (κ1) is 19.4. The lowest BCUT2D eigenvalue weighted by Gasteiger charge is -2.24. The molecule has 0 aromatic heterocycles. The quantitative estimate of drug-likeness (QED) is 0.714. The Bertz CT molecular complexity index is 720. The van der Waals surface area contributed by atoms with Gasteiger partial charge in [-0.3, -0.25) is 0 Å². The maximum Gasteiger partial charge on any atom is 0.119 e. The zero-order valence-corrected chi connectivity index (χ0v) is 16.9. The van der Waals surface area contributed by atoms with Crippen molar-refractivity contribution < 1.29 is 10.2 Å². The van der Waals surface area contributed by atoms with E-state index in [0.717, 1.165) is 28.7 Å². The summed E-state index contributed by atoms with van der Waals surface area (Å²) in [5.74, 6) is 0.734. The highest BCUT2D eigenvalue weighted by atomic mass is 16.3. The Hall–Kier alpha value is -1.96. The van der Waals surface area contributed by atoms with Gasteiger partial charge in [0.15, 0.2) is 0 Å². The molecule has 0 saturated carbocycles. The number of aromatic hydroxyl groups is 2. The molecule has 2 rings (SSSR count). The van der Waals surface area contributed by atoms with Gasteiger partial charge in [0, 0.05) is 0 Å². The molecule has 2 aromatic rings. The number of hydrogen-bond acceptors (Lipinski definition) is 2. The molecular formula is C23H32O2. The van der Waals surface area contributed by atoms with Crippen molar-refractivity contribution in [2.45, 2.75) is 72.6 Å². The second kappa shape index (κ2) is 6.40. The van der Waals surface area contributed by atoms with Crippen molar-refractivity contribution in [2.24, 2.45) is 0 Å². The van der Waals surface area contributed by atoms with Crippen LogP contribution < -0.4 is 0 Å². The number of rotatable bonds is 2. The predicted molar refractivity (Wildman–Crippen MR) is 106 cm³/mol. The maximum absolute atomic E-state index is 10.3. The molecule has 2 nitrogen and oxygen atoms in total. The van der Waals surface area contributed by atoms with Gasteiger partial charge in [0.1, 0.15) is 11.5 Å². The van der Waals surface area contributed by atoms with Crippen LogP contribution in [0.15, 0.2) is 24.3 Å². The van der Waals surface area contributed by atoms with Gasteiger partial charge in [-0.25, -0.2) is 0 Å². The van der Waals surface area contributed by atoms with Crippen LogP contribution in [0.25, 0.3) is 0 Å². The number of hydrogen-bond donors (Lipinski definition) is 2. The highest BCUT2D eigenvalue weighted by Crippen LogP contribution is 2.36. The molecule has 0 unspecified atom stereocenters. The standard InChI is InChI=1S/C23H32O2/c1-14-9-20(24)18(22(3,4)5)12-16(14)11-17-13-19(23(6,7)8)21(25)10-15(17)2/h9-10,12-13,24-25H,11H2,1-8H3. The van der Waals surface area contributed by atoms with Crippen LogP contribution >= 0.6 is 0 Å². The second-order valence-electron chi connectivity index (χ2n) is 9.27. The van der Waals surface area contributed by atoms with Crippen LogP contribution in [0.5, 0.6) is 11.5 Å². The first-order valence-electron chi connectivity index (χ1n) is 8.96. The van der Waals surface area contributed by atoms with E-state index in [0.29, 0.717) is 11.5 Å². The third-order valence-electron chi connectivity index (χ3n) is 4.91. The van der Waals surface area contributed by atoms with E-state index in [2.05, 4.69) is 53.7 Å². The first-order chi connectivity index (χ1) is 11.3. The summed E-state index contributed by atoms with van der Waals surface area (Å²) in [4.78, 5) is 0. The molecule has 136 valence electrons. The van der Waals surface area contributed by atoms with E-state index in [1.54, 1.807) is 0 Å². The van der Waals surface area contributed by atoms with Gasteiger partial charge in [0.2, 0.25) is 0 Å². The molecule has 0 fully saturated rings. The summed E-state index contributed by atoms with van der Waals surface area (Å²) in [6, 6.07) is 8.01. The van der Waals surface area contributed by atoms with Gasteiger partial charge in [-0.1, -0.05) is 53.7 Å². The summed E-state index contributed by atoms with van der Waals surface area (Å²) >= 11 is 0. The Morgan fingerprint density at radius 2 is 0.960 bits per heavy atom. The summed E-state index contributed by atoms with van der Waals surface area (Å²) in [6.45, 7) is 16.8. The molecule has 25 heavy (non-hydrogen) atoms. The lowest BCUT2D eigenvalue weighted by molar-refractivity contribution is 0.445.